The summed E-state index contributed by atoms with van der Waals surface area (Å²) in [5.41, 5.74) is 0.913. The van der Waals surface area contributed by atoms with Crippen molar-refractivity contribution in [1.82, 2.24) is 10.2 Å². The van der Waals surface area contributed by atoms with Gasteiger partial charge in [0.15, 0.2) is 15.8 Å². The fraction of sp³-hybridized carbons (Fsp3) is 0.562. The van der Waals surface area contributed by atoms with Crippen molar-refractivity contribution in [3.8, 4) is 5.75 Å². The Kier molecular flexibility index (Phi) is 6.57. The van der Waals surface area contributed by atoms with Crippen molar-refractivity contribution in [3.05, 3.63) is 29.8 Å². The molecule has 0 radical (unpaired) electrons. The van der Waals surface area contributed by atoms with Gasteiger partial charge in [-0.15, -0.1) is 0 Å². The third kappa shape index (κ3) is 6.15. The highest BCUT2D eigenvalue weighted by Crippen LogP contribution is 2.18. The van der Waals surface area contributed by atoms with E-state index < -0.39 is 16.4 Å². The molecular weight excluding hydrogens is 352 g/mol. The van der Waals surface area contributed by atoms with Crippen LogP contribution in [-0.4, -0.2) is 58.0 Å². The summed E-state index contributed by atoms with van der Waals surface area (Å²) in [6, 6.07) is 6.42. The summed E-state index contributed by atoms with van der Waals surface area (Å²) in [5.74, 6) is 1.33. The number of alkyl halides is 2. The molecule has 1 heterocycles. The number of nitrogens with zero attached hydrogens (tertiary/aromatic N) is 2. The van der Waals surface area contributed by atoms with E-state index in [1.54, 1.807) is 19.2 Å². The van der Waals surface area contributed by atoms with Crippen molar-refractivity contribution in [3.63, 3.8) is 0 Å². The molecule has 1 aliphatic rings. The third-order valence-corrected chi connectivity index (χ3v) is 5.85. The predicted molar refractivity (Wildman–Crippen MR) is 92.7 cm³/mol. The Morgan fingerprint density at radius 1 is 1.40 bits per heavy atom. The molecule has 0 aliphatic carbocycles. The molecule has 25 heavy (non-hydrogen) atoms. The maximum absolute atomic E-state index is 12.2. The number of ether oxygens (including phenoxy) is 1. The molecule has 1 N–H and O–H groups in total. The van der Waals surface area contributed by atoms with Gasteiger partial charge in [0.1, 0.15) is 5.75 Å². The molecule has 1 aromatic rings. The smallest absolute Gasteiger partial charge is 0.387 e. The zero-order valence-electron chi connectivity index (χ0n) is 14.3. The Labute approximate surface area is 146 Å². The fourth-order valence-electron chi connectivity index (χ4n) is 2.78. The van der Waals surface area contributed by atoms with Gasteiger partial charge in [-0.3, -0.25) is 4.99 Å². The van der Waals surface area contributed by atoms with Crippen molar-refractivity contribution in [1.29, 1.82) is 0 Å². The minimum absolute atomic E-state index is 0.0981. The number of sulfone groups is 1. The van der Waals surface area contributed by atoms with Crippen molar-refractivity contribution < 1.29 is 21.9 Å². The van der Waals surface area contributed by atoms with Crippen LogP contribution in [0.25, 0.3) is 0 Å². The quantitative estimate of drug-likeness (QED) is 0.606. The first kappa shape index (κ1) is 19.4. The SMILES string of the molecule is CN=C(NCC1CCS(=O)(=O)C1)N(C)Cc1ccc(OC(F)F)cc1. The van der Waals surface area contributed by atoms with Crippen LogP contribution in [0, 0.1) is 5.92 Å². The summed E-state index contributed by atoms with van der Waals surface area (Å²) < 4.78 is 51.6. The van der Waals surface area contributed by atoms with E-state index in [0.717, 1.165) is 5.56 Å². The summed E-state index contributed by atoms with van der Waals surface area (Å²) in [6.07, 6.45) is 0.668. The zero-order chi connectivity index (χ0) is 18.4. The van der Waals surface area contributed by atoms with Crippen molar-refractivity contribution in [2.24, 2.45) is 10.9 Å². The van der Waals surface area contributed by atoms with Gasteiger partial charge in [-0.2, -0.15) is 8.78 Å². The molecule has 2 rings (SSSR count). The Balaban J connectivity index is 1.86. The van der Waals surface area contributed by atoms with E-state index in [4.69, 9.17) is 0 Å². The van der Waals surface area contributed by atoms with Gasteiger partial charge in [0.2, 0.25) is 0 Å². The molecule has 0 saturated carbocycles. The fourth-order valence-corrected chi connectivity index (χ4v) is 4.64. The van der Waals surface area contributed by atoms with Crippen LogP contribution in [0.4, 0.5) is 8.78 Å². The van der Waals surface area contributed by atoms with E-state index in [2.05, 4.69) is 15.0 Å². The summed E-state index contributed by atoms with van der Waals surface area (Å²) in [6.45, 7) is -1.76. The van der Waals surface area contributed by atoms with Gasteiger partial charge >= 0.3 is 6.61 Å². The molecule has 0 spiro atoms. The highest BCUT2D eigenvalue weighted by atomic mass is 32.2. The van der Waals surface area contributed by atoms with Crippen LogP contribution in [0.5, 0.6) is 5.75 Å². The maximum Gasteiger partial charge on any atom is 0.387 e. The van der Waals surface area contributed by atoms with Gasteiger partial charge in [0.25, 0.3) is 0 Å². The second-order valence-corrected chi connectivity index (χ2v) is 8.30. The molecular formula is C16H23F2N3O3S. The molecule has 1 atom stereocenters. The molecule has 1 saturated heterocycles. The molecule has 1 unspecified atom stereocenters. The Bertz CT molecular complexity index is 693. The average molecular weight is 375 g/mol. The first-order valence-corrected chi connectivity index (χ1v) is 9.77. The van der Waals surface area contributed by atoms with Crippen molar-refractivity contribution in [2.75, 3.05) is 32.1 Å². The lowest BCUT2D eigenvalue weighted by molar-refractivity contribution is -0.0498. The Morgan fingerprint density at radius 3 is 2.60 bits per heavy atom. The second kappa shape index (κ2) is 8.46. The van der Waals surface area contributed by atoms with Crippen LogP contribution >= 0.6 is 0 Å². The van der Waals surface area contributed by atoms with E-state index in [-0.39, 0.29) is 23.2 Å². The molecule has 0 amide bonds. The van der Waals surface area contributed by atoms with Crippen molar-refractivity contribution >= 4 is 15.8 Å². The number of nitrogens with one attached hydrogen (secondary N) is 1. The van der Waals surface area contributed by atoms with E-state index in [9.17, 15) is 17.2 Å². The van der Waals surface area contributed by atoms with Crippen LogP contribution in [0.15, 0.2) is 29.3 Å². The predicted octanol–water partition coefficient (Wildman–Crippen LogP) is 1.73. The number of hydrogen-bond donors (Lipinski definition) is 1. The Morgan fingerprint density at radius 2 is 2.08 bits per heavy atom. The molecule has 1 aromatic carbocycles. The topological polar surface area (TPSA) is 71.0 Å². The maximum atomic E-state index is 12.2. The second-order valence-electron chi connectivity index (χ2n) is 6.08. The normalized spacial score (nSPS) is 19.9. The van der Waals surface area contributed by atoms with Crippen LogP contribution in [-0.2, 0) is 16.4 Å². The number of rotatable bonds is 6. The van der Waals surface area contributed by atoms with Gasteiger partial charge < -0.3 is 15.0 Å². The number of aliphatic imine (C=N–C) groups is 1. The van der Waals surface area contributed by atoms with Crippen LogP contribution in [0.3, 0.4) is 0 Å². The van der Waals surface area contributed by atoms with E-state index >= 15 is 0 Å². The minimum Gasteiger partial charge on any atom is -0.435 e. The summed E-state index contributed by atoms with van der Waals surface area (Å²) in [4.78, 5) is 6.08. The van der Waals surface area contributed by atoms with Crippen LogP contribution < -0.4 is 10.1 Å². The van der Waals surface area contributed by atoms with Gasteiger partial charge in [0.05, 0.1) is 11.5 Å². The molecule has 0 aromatic heterocycles. The minimum atomic E-state index is -2.89. The number of guanidine groups is 1. The Hall–Kier alpha value is -1.90. The van der Waals surface area contributed by atoms with Gasteiger partial charge in [-0.1, -0.05) is 12.1 Å². The summed E-state index contributed by atoms with van der Waals surface area (Å²) in [5, 5.41) is 3.19. The van der Waals surface area contributed by atoms with E-state index in [0.29, 0.717) is 25.5 Å². The zero-order valence-corrected chi connectivity index (χ0v) is 15.1. The lowest BCUT2D eigenvalue weighted by Gasteiger charge is -2.23. The molecule has 6 nitrogen and oxygen atoms in total. The lowest BCUT2D eigenvalue weighted by Crippen LogP contribution is -2.40. The molecule has 1 aliphatic heterocycles. The van der Waals surface area contributed by atoms with Crippen LogP contribution in [0.1, 0.15) is 12.0 Å². The van der Waals surface area contributed by atoms with Crippen molar-refractivity contribution in [2.45, 2.75) is 19.6 Å². The van der Waals surface area contributed by atoms with E-state index in [1.807, 2.05) is 11.9 Å². The highest BCUT2D eigenvalue weighted by molar-refractivity contribution is 7.91. The lowest BCUT2D eigenvalue weighted by atomic mass is 10.1. The number of benzene rings is 1. The molecule has 9 heteroatoms. The van der Waals surface area contributed by atoms with Gasteiger partial charge in [0, 0.05) is 27.2 Å². The van der Waals surface area contributed by atoms with E-state index in [1.165, 1.54) is 12.1 Å². The van der Waals surface area contributed by atoms with Gasteiger partial charge in [-0.05, 0) is 30.0 Å². The first-order chi connectivity index (χ1) is 11.8. The summed E-state index contributed by atoms with van der Waals surface area (Å²) in [7, 11) is 0.618. The largest absolute Gasteiger partial charge is 0.435 e. The summed E-state index contributed by atoms with van der Waals surface area (Å²) >= 11 is 0. The first-order valence-electron chi connectivity index (χ1n) is 7.95. The van der Waals surface area contributed by atoms with Gasteiger partial charge in [-0.25, -0.2) is 8.42 Å². The monoisotopic (exact) mass is 375 g/mol. The third-order valence-electron chi connectivity index (χ3n) is 4.02. The number of hydrogen-bond acceptors (Lipinski definition) is 4. The molecule has 1 fully saturated rings. The standard InChI is InChI=1S/C16H23F2N3O3S/c1-19-16(20-9-13-7-8-25(22,23)11-13)21(2)10-12-3-5-14(6-4-12)24-15(17)18/h3-6,13,15H,7-11H2,1-2H3,(H,19,20). The average Bonchev–Trinajstić information content (AvgIpc) is 2.88. The molecule has 0 bridgehead atoms. The number of halogens is 2. The molecule has 140 valence electrons. The van der Waals surface area contributed by atoms with Crippen LogP contribution in [0.2, 0.25) is 0 Å². The highest BCUT2D eigenvalue weighted by Gasteiger charge is 2.27.